The van der Waals surface area contributed by atoms with Crippen LogP contribution < -0.4 is 5.32 Å². The van der Waals surface area contributed by atoms with E-state index in [2.05, 4.69) is 10.3 Å². The Balaban J connectivity index is 1.64. The molecule has 0 aliphatic carbocycles. The maximum atomic E-state index is 14.2. The highest BCUT2D eigenvalue weighted by molar-refractivity contribution is 5.99. The van der Waals surface area contributed by atoms with Crippen molar-refractivity contribution in [2.45, 2.75) is 26.1 Å². The van der Waals surface area contributed by atoms with Gasteiger partial charge in [0.1, 0.15) is 12.4 Å². The summed E-state index contributed by atoms with van der Waals surface area (Å²) < 4.78 is 54.9. The second-order valence-corrected chi connectivity index (χ2v) is 8.79. The molecular weight excluding hydrogens is 500 g/mol. The Hall–Kier alpha value is -4.47. The SMILES string of the molecule is CC(C)N(CC(=O)Nc1nc(-c2ccccc2)cn1-c1ccc(C(F)(F)F)cc1)C(=O)c1ccccc1F. The van der Waals surface area contributed by atoms with Crippen molar-refractivity contribution in [3.05, 3.63) is 102 Å². The number of carbonyl (C=O) groups excluding carboxylic acids is 2. The van der Waals surface area contributed by atoms with E-state index in [1.54, 1.807) is 44.3 Å². The molecule has 10 heteroatoms. The van der Waals surface area contributed by atoms with Crippen LogP contribution in [0.1, 0.15) is 29.8 Å². The lowest BCUT2D eigenvalue weighted by Gasteiger charge is -2.26. The van der Waals surface area contributed by atoms with Gasteiger partial charge in [0.25, 0.3) is 5.91 Å². The summed E-state index contributed by atoms with van der Waals surface area (Å²) in [5.41, 5.74) is 0.573. The van der Waals surface area contributed by atoms with Crippen LogP contribution in [0.3, 0.4) is 0 Å². The molecule has 4 rings (SSSR count). The summed E-state index contributed by atoms with van der Waals surface area (Å²) in [7, 11) is 0. The minimum absolute atomic E-state index is 0.0515. The summed E-state index contributed by atoms with van der Waals surface area (Å²) in [5.74, 6) is -1.91. The van der Waals surface area contributed by atoms with Gasteiger partial charge in [-0.25, -0.2) is 9.37 Å². The van der Waals surface area contributed by atoms with Gasteiger partial charge in [-0.15, -0.1) is 0 Å². The Labute approximate surface area is 216 Å². The number of nitrogens with zero attached hydrogens (tertiary/aromatic N) is 3. The van der Waals surface area contributed by atoms with Crippen molar-refractivity contribution in [3.8, 4) is 16.9 Å². The molecule has 4 aromatic rings. The Kier molecular flexibility index (Phi) is 7.61. The third kappa shape index (κ3) is 5.91. The van der Waals surface area contributed by atoms with E-state index in [0.717, 1.165) is 23.8 Å². The number of nitrogens with one attached hydrogen (secondary N) is 1. The highest BCUT2D eigenvalue weighted by Gasteiger charge is 2.30. The molecule has 3 aromatic carbocycles. The Morgan fingerprint density at radius 1 is 0.947 bits per heavy atom. The van der Waals surface area contributed by atoms with E-state index in [1.807, 2.05) is 6.07 Å². The Bertz CT molecular complexity index is 1430. The molecule has 0 atom stereocenters. The van der Waals surface area contributed by atoms with Gasteiger partial charge in [-0.2, -0.15) is 13.2 Å². The molecule has 196 valence electrons. The fourth-order valence-corrected chi connectivity index (χ4v) is 3.82. The van der Waals surface area contributed by atoms with Gasteiger partial charge in [-0.05, 0) is 50.2 Å². The van der Waals surface area contributed by atoms with Crippen LogP contribution in [0.25, 0.3) is 16.9 Å². The van der Waals surface area contributed by atoms with E-state index in [1.165, 1.54) is 39.8 Å². The topological polar surface area (TPSA) is 67.2 Å². The molecule has 0 saturated carbocycles. The normalized spacial score (nSPS) is 11.4. The minimum Gasteiger partial charge on any atom is -0.327 e. The van der Waals surface area contributed by atoms with Gasteiger partial charge in [-0.1, -0.05) is 42.5 Å². The van der Waals surface area contributed by atoms with Crippen molar-refractivity contribution in [1.82, 2.24) is 14.5 Å². The molecule has 1 aromatic heterocycles. The molecule has 0 aliphatic rings. The number of benzene rings is 3. The standard InChI is InChI=1S/C28H24F4N4O2/c1-18(2)35(26(38)22-10-6-7-11-23(22)29)17-25(37)34-27-33-24(19-8-4-3-5-9-19)16-36(27)21-14-12-20(13-15-21)28(30,31)32/h3-16,18H,17H2,1-2H3,(H,33,34,37). The maximum absolute atomic E-state index is 14.2. The van der Waals surface area contributed by atoms with Crippen molar-refractivity contribution in [2.24, 2.45) is 0 Å². The van der Waals surface area contributed by atoms with Crippen LogP contribution in [-0.2, 0) is 11.0 Å². The van der Waals surface area contributed by atoms with Crippen LogP contribution in [0.4, 0.5) is 23.5 Å². The number of anilines is 1. The number of hydrogen-bond acceptors (Lipinski definition) is 3. The van der Waals surface area contributed by atoms with Crippen molar-refractivity contribution < 1.29 is 27.2 Å². The molecule has 0 radical (unpaired) electrons. The molecule has 1 N–H and O–H groups in total. The van der Waals surface area contributed by atoms with E-state index in [9.17, 15) is 27.2 Å². The van der Waals surface area contributed by atoms with Gasteiger partial charge in [-0.3, -0.25) is 19.5 Å². The zero-order chi connectivity index (χ0) is 27.4. The molecule has 0 aliphatic heterocycles. The molecule has 6 nitrogen and oxygen atoms in total. The van der Waals surface area contributed by atoms with Gasteiger partial charge in [0.2, 0.25) is 11.9 Å². The van der Waals surface area contributed by atoms with E-state index in [4.69, 9.17) is 0 Å². The van der Waals surface area contributed by atoms with Gasteiger partial charge in [0.05, 0.1) is 16.8 Å². The molecular formula is C28H24F4N4O2. The molecule has 0 saturated heterocycles. The lowest BCUT2D eigenvalue weighted by molar-refractivity contribution is -0.137. The predicted molar refractivity (Wildman–Crippen MR) is 135 cm³/mol. The fourth-order valence-electron chi connectivity index (χ4n) is 3.82. The van der Waals surface area contributed by atoms with E-state index < -0.39 is 42.0 Å². The Morgan fingerprint density at radius 3 is 2.18 bits per heavy atom. The van der Waals surface area contributed by atoms with Crippen molar-refractivity contribution in [2.75, 3.05) is 11.9 Å². The monoisotopic (exact) mass is 524 g/mol. The average molecular weight is 525 g/mol. The van der Waals surface area contributed by atoms with Crippen LogP contribution in [0.15, 0.2) is 85.1 Å². The van der Waals surface area contributed by atoms with E-state index >= 15 is 0 Å². The lowest BCUT2D eigenvalue weighted by Crippen LogP contribution is -2.42. The first-order valence-electron chi connectivity index (χ1n) is 11.7. The first-order chi connectivity index (χ1) is 18.0. The quantitative estimate of drug-likeness (QED) is 0.293. The summed E-state index contributed by atoms with van der Waals surface area (Å²) in [6.45, 7) is 3.00. The van der Waals surface area contributed by atoms with Crippen LogP contribution in [0, 0.1) is 5.82 Å². The van der Waals surface area contributed by atoms with Gasteiger partial charge < -0.3 is 4.90 Å². The molecule has 0 bridgehead atoms. The molecule has 0 unspecified atom stereocenters. The minimum atomic E-state index is -4.50. The molecule has 38 heavy (non-hydrogen) atoms. The maximum Gasteiger partial charge on any atom is 0.416 e. The van der Waals surface area contributed by atoms with Crippen LogP contribution >= 0.6 is 0 Å². The summed E-state index contributed by atoms with van der Waals surface area (Å²) in [6, 6.07) is 18.5. The highest BCUT2D eigenvalue weighted by atomic mass is 19.4. The van der Waals surface area contributed by atoms with Gasteiger partial charge >= 0.3 is 6.18 Å². The number of hydrogen-bond donors (Lipinski definition) is 1. The first kappa shape index (κ1) is 26.6. The number of rotatable bonds is 7. The smallest absolute Gasteiger partial charge is 0.327 e. The predicted octanol–water partition coefficient (Wildman–Crippen LogP) is 6.19. The second-order valence-electron chi connectivity index (χ2n) is 8.79. The van der Waals surface area contributed by atoms with Crippen molar-refractivity contribution >= 4 is 17.8 Å². The van der Waals surface area contributed by atoms with Crippen LogP contribution in [0.5, 0.6) is 0 Å². The third-order valence-electron chi connectivity index (χ3n) is 5.80. The third-order valence-corrected chi connectivity index (χ3v) is 5.80. The largest absolute Gasteiger partial charge is 0.416 e. The number of imidazole rings is 1. The number of halogens is 4. The summed E-state index contributed by atoms with van der Waals surface area (Å²) in [6.07, 6.45) is -2.90. The second kappa shape index (κ2) is 10.9. The molecule has 2 amide bonds. The van der Waals surface area contributed by atoms with Crippen molar-refractivity contribution in [3.63, 3.8) is 0 Å². The fraction of sp³-hybridized carbons (Fsp3) is 0.179. The zero-order valence-electron chi connectivity index (χ0n) is 20.5. The molecule has 0 fully saturated rings. The van der Waals surface area contributed by atoms with E-state index in [-0.39, 0.29) is 11.5 Å². The highest BCUT2D eigenvalue weighted by Crippen LogP contribution is 2.31. The number of alkyl halides is 3. The summed E-state index contributed by atoms with van der Waals surface area (Å²) >= 11 is 0. The molecule has 0 spiro atoms. The number of aromatic nitrogens is 2. The Morgan fingerprint density at radius 2 is 1.58 bits per heavy atom. The van der Waals surface area contributed by atoms with E-state index in [0.29, 0.717) is 11.4 Å². The van der Waals surface area contributed by atoms with Gasteiger partial charge in [0.15, 0.2) is 0 Å². The average Bonchev–Trinajstić information content (AvgIpc) is 3.30. The number of carbonyl (C=O) groups is 2. The molecule has 1 heterocycles. The number of amides is 2. The van der Waals surface area contributed by atoms with Gasteiger partial charge in [0, 0.05) is 23.5 Å². The first-order valence-corrected chi connectivity index (χ1v) is 11.7. The zero-order valence-corrected chi connectivity index (χ0v) is 20.5. The van der Waals surface area contributed by atoms with Crippen LogP contribution in [-0.4, -0.2) is 38.9 Å². The van der Waals surface area contributed by atoms with Crippen LogP contribution in [0.2, 0.25) is 0 Å². The lowest BCUT2D eigenvalue weighted by atomic mass is 10.1. The summed E-state index contributed by atoms with van der Waals surface area (Å²) in [5, 5.41) is 2.65. The van der Waals surface area contributed by atoms with Crippen molar-refractivity contribution in [1.29, 1.82) is 0 Å². The summed E-state index contributed by atoms with van der Waals surface area (Å²) in [4.78, 5) is 31.7.